The standard InChI is InChI=1S/C32H32N2O8/c35-25-13-11-21(17-27(25)37)31(41)33-23(15-19-7-3-1-4-8-19)29(39)30(40)24(16-20-9-5-2-6-10-20)34-32(42)22-12-14-26(36)28(38)18-22/h1-14,17-18,23-24,29-30,35-40H,15-16H2,(H,33,41)(H,34,42). The molecule has 0 aliphatic carbocycles. The number of phenolic OH excluding ortho intramolecular Hbond substituents is 4. The van der Waals surface area contributed by atoms with E-state index in [1.54, 1.807) is 48.5 Å². The van der Waals surface area contributed by atoms with Crippen LogP contribution in [0.3, 0.4) is 0 Å². The van der Waals surface area contributed by atoms with Crippen molar-refractivity contribution in [1.82, 2.24) is 10.6 Å². The summed E-state index contributed by atoms with van der Waals surface area (Å²) in [6, 6.07) is 23.0. The van der Waals surface area contributed by atoms with E-state index < -0.39 is 59.1 Å². The first-order valence-electron chi connectivity index (χ1n) is 13.2. The van der Waals surface area contributed by atoms with Gasteiger partial charge in [0.2, 0.25) is 0 Å². The first-order chi connectivity index (χ1) is 20.1. The molecule has 4 aromatic carbocycles. The Labute approximate surface area is 242 Å². The molecule has 0 spiro atoms. The first-order valence-corrected chi connectivity index (χ1v) is 13.2. The lowest BCUT2D eigenvalue weighted by molar-refractivity contribution is -0.0219. The molecule has 0 aliphatic rings. The van der Waals surface area contributed by atoms with E-state index in [1.807, 2.05) is 12.1 Å². The van der Waals surface area contributed by atoms with E-state index in [9.17, 15) is 40.2 Å². The van der Waals surface area contributed by atoms with Gasteiger partial charge >= 0.3 is 0 Å². The Morgan fingerprint density at radius 3 is 1.21 bits per heavy atom. The van der Waals surface area contributed by atoms with E-state index in [1.165, 1.54) is 12.1 Å². The summed E-state index contributed by atoms with van der Waals surface area (Å²) >= 11 is 0. The predicted octanol–water partition coefficient (Wildman–Crippen LogP) is 2.61. The summed E-state index contributed by atoms with van der Waals surface area (Å²) in [5.41, 5.74) is 1.55. The van der Waals surface area contributed by atoms with Gasteiger partial charge < -0.3 is 41.3 Å². The molecule has 218 valence electrons. The van der Waals surface area contributed by atoms with E-state index >= 15 is 0 Å². The molecule has 2 amide bonds. The highest BCUT2D eigenvalue weighted by Crippen LogP contribution is 2.26. The normalized spacial score (nSPS) is 13.9. The number of hydrogen-bond acceptors (Lipinski definition) is 8. The number of carbonyl (C=O) groups excluding carboxylic acids is 2. The molecule has 0 saturated carbocycles. The monoisotopic (exact) mass is 572 g/mol. The molecule has 10 nitrogen and oxygen atoms in total. The van der Waals surface area contributed by atoms with Gasteiger partial charge in [-0.2, -0.15) is 0 Å². The summed E-state index contributed by atoms with van der Waals surface area (Å²) in [6.45, 7) is 0. The smallest absolute Gasteiger partial charge is 0.251 e. The van der Waals surface area contributed by atoms with Crippen molar-refractivity contribution in [3.05, 3.63) is 119 Å². The van der Waals surface area contributed by atoms with Gasteiger partial charge in [0.15, 0.2) is 23.0 Å². The number of hydrogen-bond donors (Lipinski definition) is 8. The molecule has 4 unspecified atom stereocenters. The van der Waals surface area contributed by atoms with E-state index in [4.69, 9.17) is 0 Å². The molecule has 0 bridgehead atoms. The van der Waals surface area contributed by atoms with E-state index in [-0.39, 0.29) is 24.0 Å². The van der Waals surface area contributed by atoms with Crippen molar-refractivity contribution < 1.29 is 40.2 Å². The highest BCUT2D eigenvalue weighted by molar-refractivity contribution is 5.95. The number of nitrogens with one attached hydrogen (secondary N) is 2. The summed E-state index contributed by atoms with van der Waals surface area (Å²) < 4.78 is 0. The molecule has 8 N–H and O–H groups in total. The summed E-state index contributed by atoms with van der Waals surface area (Å²) in [6.07, 6.45) is -2.93. The largest absolute Gasteiger partial charge is 0.504 e. The summed E-state index contributed by atoms with van der Waals surface area (Å²) in [4.78, 5) is 26.2. The number of aliphatic hydroxyl groups is 2. The van der Waals surface area contributed by atoms with Gasteiger partial charge in [-0.25, -0.2) is 0 Å². The van der Waals surface area contributed by atoms with Gasteiger partial charge in [-0.1, -0.05) is 60.7 Å². The lowest BCUT2D eigenvalue weighted by atomic mass is 9.90. The summed E-state index contributed by atoms with van der Waals surface area (Å²) in [7, 11) is 0. The molecule has 0 fully saturated rings. The number of aromatic hydroxyl groups is 4. The third-order valence-corrected chi connectivity index (χ3v) is 6.88. The van der Waals surface area contributed by atoms with Gasteiger partial charge in [0.1, 0.15) is 12.2 Å². The predicted molar refractivity (Wildman–Crippen MR) is 154 cm³/mol. The molecule has 0 heterocycles. The minimum atomic E-state index is -1.58. The van der Waals surface area contributed by atoms with Gasteiger partial charge in [-0.15, -0.1) is 0 Å². The Morgan fingerprint density at radius 1 is 0.524 bits per heavy atom. The van der Waals surface area contributed by atoms with Crippen LogP contribution in [0.5, 0.6) is 23.0 Å². The Kier molecular flexibility index (Phi) is 9.64. The SMILES string of the molecule is O=C(NC(Cc1ccccc1)C(O)C(O)C(Cc1ccccc1)NC(=O)c1ccc(O)c(O)c1)c1ccc(O)c(O)c1. The Balaban J connectivity index is 1.62. The summed E-state index contributed by atoms with van der Waals surface area (Å²) in [5, 5.41) is 67.3. The molecular formula is C32H32N2O8. The van der Waals surface area contributed by atoms with Crippen LogP contribution in [0.1, 0.15) is 31.8 Å². The number of carbonyl (C=O) groups is 2. The number of benzene rings is 4. The van der Waals surface area contributed by atoms with Gasteiger partial charge in [0, 0.05) is 11.1 Å². The van der Waals surface area contributed by atoms with Crippen molar-refractivity contribution >= 4 is 11.8 Å². The fourth-order valence-corrected chi connectivity index (χ4v) is 4.56. The van der Waals surface area contributed by atoms with Gasteiger partial charge in [-0.05, 0) is 60.4 Å². The van der Waals surface area contributed by atoms with Crippen LogP contribution in [0.15, 0.2) is 97.1 Å². The molecule has 4 rings (SSSR count). The number of phenols is 4. The van der Waals surface area contributed by atoms with Crippen LogP contribution in [0.2, 0.25) is 0 Å². The van der Waals surface area contributed by atoms with Crippen molar-refractivity contribution in [2.75, 3.05) is 0 Å². The van der Waals surface area contributed by atoms with Crippen LogP contribution < -0.4 is 10.6 Å². The van der Waals surface area contributed by atoms with Crippen LogP contribution in [0.25, 0.3) is 0 Å². The topological polar surface area (TPSA) is 180 Å². The fraction of sp³-hybridized carbons (Fsp3) is 0.188. The molecule has 0 aliphatic heterocycles. The Bertz CT molecular complexity index is 1400. The average molecular weight is 573 g/mol. The number of amides is 2. The van der Waals surface area contributed by atoms with Crippen LogP contribution >= 0.6 is 0 Å². The third-order valence-electron chi connectivity index (χ3n) is 6.88. The third kappa shape index (κ3) is 7.57. The number of rotatable bonds is 11. The molecular weight excluding hydrogens is 540 g/mol. The van der Waals surface area contributed by atoms with Gasteiger partial charge in [0.05, 0.1) is 12.1 Å². The van der Waals surface area contributed by atoms with Crippen molar-refractivity contribution in [2.24, 2.45) is 0 Å². The van der Waals surface area contributed by atoms with Crippen LogP contribution in [0, 0.1) is 0 Å². The maximum atomic E-state index is 13.1. The zero-order valence-corrected chi connectivity index (χ0v) is 22.5. The molecule has 0 radical (unpaired) electrons. The van der Waals surface area contributed by atoms with Crippen molar-refractivity contribution in [3.63, 3.8) is 0 Å². The van der Waals surface area contributed by atoms with Crippen molar-refractivity contribution in [1.29, 1.82) is 0 Å². The van der Waals surface area contributed by atoms with Gasteiger partial charge in [0.25, 0.3) is 11.8 Å². The quantitative estimate of drug-likeness (QED) is 0.126. The van der Waals surface area contributed by atoms with Crippen LogP contribution in [0.4, 0.5) is 0 Å². The zero-order valence-electron chi connectivity index (χ0n) is 22.5. The molecule has 0 aromatic heterocycles. The first kappa shape index (κ1) is 29.9. The second-order valence-electron chi connectivity index (χ2n) is 9.93. The minimum Gasteiger partial charge on any atom is -0.504 e. The van der Waals surface area contributed by atoms with E-state index in [2.05, 4.69) is 10.6 Å². The molecule has 10 heteroatoms. The average Bonchev–Trinajstić information content (AvgIpc) is 2.99. The fourth-order valence-electron chi connectivity index (χ4n) is 4.56. The Morgan fingerprint density at radius 2 is 0.881 bits per heavy atom. The highest BCUT2D eigenvalue weighted by atomic mass is 16.3. The lowest BCUT2D eigenvalue weighted by Crippen LogP contribution is -2.57. The highest BCUT2D eigenvalue weighted by Gasteiger charge is 2.35. The second-order valence-corrected chi connectivity index (χ2v) is 9.93. The van der Waals surface area contributed by atoms with Crippen LogP contribution in [-0.4, -0.2) is 66.7 Å². The van der Waals surface area contributed by atoms with Crippen molar-refractivity contribution in [2.45, 2.75) is 37.1 Å². The molecule has 42 heavy (non-hydrogen) atoms. The summed E-state index contributed by atoms with van der Waals surface area (Å²) in [5.74, 6) is -3.11. The number of aliphatic hydroxyl groups excluding tert-OH is 2. The van der Waals surface area contributed by atoms with E-state index in [0.717, 1.165) is 35.4 Å². The molecule has 4 aromatic rings. The lowest BCUT2D eigenvalue weighted by Gasteiger charge is -2.33. The van der Waals surface area contributed by atoms with E-state index in [0.29, 0.717) is 0 Å². The van der Waals surface area contributed by atoms with Gasteiger partial charge in [-0.3, -0.25) is 9.59 Å². The van der Waals surface area contributed by atoms with Crippen LogP contribution in [-0.2, 0) is 12.8 Å². The van der Waals surface area contributed by atoms with Crippen molar-refractivity contribution in [3.8, 4) is 23.0 Å². The zero-order chi connectivity index (χ0) is 30.2. The maximum absolute atomic E-state index is 13.1. The molecule has 0 saturated heterocycles. The minimum absolute atomic E-state index is 0.0197. The Hall–Kier alpha value is -5.06. The molecule has 4 atom stereocenters. The maximum Gasteiger partial charge on any atom is 0.251 e. The second kappa shape index (κ2) is 13.5.